The van der Waals surface area contributed by atoms with Crippen molar-refractivity contribution in [1.82, 2.24) is 4.90 Å². The van der Waals surface area contributed by atoms with Crippen molar-refractivity contribution >= 4 is 5.91 Å². The number of likely N-dealkylation sites (tertiary alicyclic amines) is 1. The third kappa shape index (κ3) is 2.17. The fourth-order valence-electron chi connectivity index (χ4n) is 2.06. The number of rotatable bonds is 3. The van der Waals surface area contributed by atoms with Crippen LogP contribution in [0.25, 0.3) is 0 Å². The monoisotopic (exact) mass is 237 g/mol. The van der Waals surface area contributed by atoms with Gasteiger partial charge in [-0.05, 0) is 5.56 Å². The van der Waals surface area contributed by atoms with Crippen LogP contribution in [-0.4, -0.2) is 51.0 Å². The fourth-order valence-corrected chi connectivity index (χ4v) is 2.06. The molecule has 2 rings (SSSR count). The average Bonchev–Trinajstić information content (AvgIpc) is 2.55. The van der Waals surface area contributed by atoms with Crippen molar-refractivity contribution in [3.63, 3.8) is 0 Å². The van der Waals surface area contributed by atoms with Crippen LogP contribution in [0.1, 0.15) is 5.56 Å². The predicted molar refractivity (Wildman–Crippen MR) is 59.9 cm³/mol. The third-order valence-electron chi connectivity index (χ3n) is 3.04. The Morgan fingerprint density at radius 1 is 1.18 bits per heavy atom. The predicted octanol–water partition coefficient (Wildman–Crippen LogP) is -0.889. The molecule has 1 fully saturated rings. The van der Waals surface area contributed by atoms with Crippen LogP contribution in [0.2, 0.25) is 0 Å². The summed E-state index contributed by atoms with van der Waals surface area (Å²) in [6.45, 7) is -0.0875. The number of nitrogens with zero attached hydrogens (tertiary/aromatic N) is 1. The van der Waals surface area contributed by atoms with Crippen LogP contribution in [0.15, 0.2) is 30.3 Å². The second kappa shape index (κ2) is 4.83. The van der Waals surface area contributed by atoms with Gasteiger partial charge in [-0.3, -0.25) is 4.79 Å². The number of aliphatic hydroxyl groups excluding tert-OH is 3. The normalized spacial score (nSPS) is 28.8. The van der Waals surface area contributed by atoms with Gasteiger partial charge in [-0.25, -0.2) is 0 Å². The van der Waals surface area contributed by atoms with E-state index in [0.29, 0.717) is 0 Å². The molecule has 1 aromatic rings. The highest BCUT2D eigenvalue weighted by molar-refractivity contribution is 5.84. The lowest BCUT2D eigenvalue weighted by molar-refractivity contribution is -0.136. The number of hydrogen-bond acceptors (Lipinski definition) is 4. The molecule has 0 spiro atoms. The highest BCUT2D eigenvalue weighted by Gasteiger charge is 2.45. The van der Waals surface area contributed by atoms with Crippen LogP contribution in [0.5, 0.6) is 0 Å². The van der Waals surface area contributed by atoms with Gasteiger partial charge < -0.3 is 20.2 Å². The van der Waals surface area contributed by atoms with Crippen molar-refractivity contribution in [3.8, 4) is 0 Å². The van der Waals surface area contributed by atoms with E-state index in [0.717, 1.165) is 5.56 Å². The van der Waals surface area contributed by atoms with E-state index >= 15 is 0 Å². The van der Waals surface area contributed by atoms with E-state index in [1.807, 2.05) is 30.3 Å². The number of benzene rings is 1. The first-order valence-electron chi connectivity index (χ1n) is 5.46. The molecule has 1 amide bonds. The lowest BCUT2D eigenvalue weighted by Gasteiger charge is -2.24. The minimum absolute atomic E-state index is 0.277. The van der Waals surface area contributed by atoms with Gasteiger partial charge in [-0.1, -0.05) is 30.3 Å². The van der Waals surface area contributed by atoms with E-state index < -0.39 is 24.2 Å². The third-order valence-corrected chi connectivity index (χ3v) is 3.04. The van der Waals surface area contributed by atoms with Crippen LogP contribution in [0.3, 0.4) is 0 Å². The molecule has 0 saturated carbocycles. The summed E-state index contributed by atoms with van der Waals surface area (Å²) in [7, 11) is 0. The van der Waals surface area contributed by atoms with Crippen molar-refractivity contribution in [2.45, 2.75) is 24.8 Å². The van der Waals surface area contributed by atoms with Gasteiger partial charge in [-0.15, -0.1) is 0 Å². The zero-order chi connectivity index (χ0) is 12.4. The van der Waals surface area contributed by atoms with Gasteiger partial charge in [0.2, 0.25) is 0 Å². The lowest BCUT2D eigenvalue weighted by atomic mass is 10.1. The van der Waals surface area contributed by atoms with Crippen LogP contribution in [0.4, 0.5) is 0 Å². The average molecular weight is 237 g/mol. The smallest absolute Gasteiger partial charge is 0.254 e. The number of carbonyl (C=O) groups is 1. The highest BCUT2D eigenvalue weighted by atomic mass is 16.3. The Hall–Kier alpha value is -1.43. The van der Waals surface area contributed by atoms with Crippen molar-refractivity contribution < 1.29 is 20.1 Å². The quantitative estimate of drug-likeness (QED) is 0.637. The van der Waals surface area contributed by atoms with Crippen LogP contribution >= 0.6 is 0 Å². The molecule has 3 N–H and O–H groups in total. The number of carbonyl (C=O) groups excluding carboxylic acids is 1. The molecule has 1 aliphatic heterocycles. The highest BCUT2D eigenvalue weighted by Crippen LogP contribution is 2.22. The molecule has 1 heterocycles. The standard InChI is InChI=1S/C12H15NO4/c14-7-9-10(15)11(16)12(17)13(9)6-8-4-2-1-3-5-8/h1-5,9-11,14-16H,6-7H2/t9-,10+,11-/m1/s1. The Kier molecular flexibility index (Phi) is 3.42. The summed E-state index contributed by atoms with van der Waals surface area (Å²) in [5.41, 5.74) is 0.889. The minimum atomic E-state index is -1.43. The maximum absolute atomic E-state index is 11.7. The van der Waals surface area contributed by atoms with E-state index in [1.165, 1.54) is 4.90 Å². The lowest BCUT2D eigenvalue weighted by Crippen LogP contribution is -2.39. The summed E-state index contributed by atoms with van der Waals surface area (Å²) in [4.78, 5) is 13.0. The maximum atomic E-state index is 11.7. The molecule has 3 atom stereocenters. The molecule has 0 unspecified atom stereocenters. The molecule has 1 aliphatic rings. The van der Waals surface area contributed by atoms with E-state index in [2.05, 4.69) is 0 Å². The summed E-state index contributed by atoms with van der Waals surface area (Å²) in [6.07, 6.45) is -2.66. The van der Waals surface area contributed by atoms with Gasteiger partial charge in [0.1, 0.15) is 6.10 Å². The Balaban J connectivity index is 2.17. The first kappa shape index (κ1) is 12.0. The summed E-state index contributed by atoms with van der Waals surface area (Å²) >= 11 is 0. The molecule has 0 bridgehead atoms. The first-order valence-corrected chi connectivity index (χ1v) is 5.46. The Bertz CT molecular complexity index is 395. The SMILES string of the molecule is O=C1[C@H](O)[C@@H](O)[C@@H](CO)N1Cc1ccccc1. The van der Waals surface area contributed by atoms with E-state index in [4.69, 9.17) is 5.11 Å². The Morgan fingerprint density at radius 3 is 2.41 bits per heavy atom. The maximum Gasteiger partial charge on any atom is 0.254 e. The zero-order valence-electron chi connectivity index (χ0n) is 9.23. The molecule has 92 valence electrons. The van der Waals surface area contributed by atoms with Gasteiger partial charge in [0.05, 0.1) is 12.6 Å². The van der Waals surface area contributed by atoms with E-state index in [1.54, 1.807) is 0 Å². The van der Waals surface area contributed by atoms with Gasteiger partial charge in [0, 0.05) is 6.54 Å². The van der Waals surface area contributed by atoms with E-state index in [9.17, 15) is 15.0 Å². The van der Waals surface area contributed by atoms with E-state index in [-0.39, 0.29) is 13.2 Å². The van der Waals surface area contributed by atoms with Crippen molar-refractivity contribution in [1.29, 1.82) is 0 Å². The fraction of sp³-hybridized carbons (Fsp3) is 0.417. The van der Waals surface area contributed by atoms with Crippen LogP contribution in [-0.2, 0) is 11.3 Å². The topological polar surface area (TPSA) is 81.0 Å². The zero-order valence-corrected chi connectivity index (χ0v) is 9.23. The largest absolute Gasteiger partial charge is 0.394 e. The molecule has 0 aromatic heterocycles. The number of hydrogen-bond donors (Lipinski definition) is 3. The van der Waals surface area contributed by atoms with Crippen LogP contribution in [0, 0.1) is 0 Å². The second-order valence-electron chi connectivity index (χ2n) is 4.14. The molecule has 5 nitrogen and oxygen atoms in total. The van der Waals surface area contributed by atoms with Gasteiger partial charge in [0.15, 0.2) is 6.10 Å². The van der Waals surface area contributed by atoms with Crippen molar-refractivity contribution in [3.05, 3.63) is 35.9 Å². The number of aliphatic hydroxyl groups is 3. The molecule has 17 heavy (non-hydrogen) atoms. The minimum Gasteiger partial charge on any atom is -0.394 e. The summed E-state index contributed by atoms with van der Waals surface area (Å²) < 4.78 is 0. The Morgan fingerprint density at radius 2 is 1.82 bits per heavy atom. The molecular formula is C12H15NO4. The van der Waals surface area contributed by atoms with Gasteiger partial charge >= 0.3 is 0 Å². The first-order chi connectivity index (χ1) is 8.15. The molecule has 0 aliphatic carbocycles. The summed E-state index contributed by atoms with van der Waals surface area (Å²) in [5.74, 6) is -0.541. The van der Waals surface area contributed by atoms with Crippen molar-refractivity contribution in [2.24, 2.45) is 0 Å². The second-order valence-corrected chi connectivity index (χ2v) is 4.14. The summed E-state index contributed by atoms with van der Waals surface area (Å²) in [5, 5.41) is 28.2. The van der Waals surface area contributed by atoms with Gasteiger partial charge in [0.25, 0.3) is 5.91 Å². The van der Waals surface area contributed by atoms with Crippen LogP contribution < -0.4 is 0 Å². The molecule has 5 heteroatoms. The van der Waals surface area contributed by atoms with Gasteiger partial charge in [-0.2, -0.15) is 0 Å². The summed E-state index contributed by atoms with van der Waals surface area (Å²) in [6, 6.07) is 8.51. The molecule has 1 saturated heterocycles. The number of amides is 1. The molecule has 0 radical (unpaired) electrons. The molecular weight excluding hydrogens is 222 g/mol. The van der Waals surface area contributed by atoms with Crippen molar-refractivity contribution in [2.75, 3.05) is 6.61 Å². The molecule has 1 aromatic carbocycles. The Labute approximate surface area is 98.9 Å².